The number of imidazole rings is 1. The maximum Gasteiger partial charge on any atom is 0.108 e. The highest BCUT2D eigenvalue weighted by Crippen LogP contribution is 2.16. The quantitative estimate of drug-likeness (QED) is 0.580. The van der Waals surface area contributed by atoms with E-state index in [2.05, 4.69) is 28.7 Å². The van der Waals surface area contributed by atoms with Crippen LogP contribution in [0.5, 0.6) is 0 Å². The van der Waals surface area contributed by atoms with Crippen molar-refractivity contribution in [3.8, 4) is 0 Å². The summed E-state index contributed by atoms with van der Waals surface area (Å²) < 4.78 is 0. The van der Waals surface area contributed by atoms with E-state index in [1.807, 2.05) is 30.0 Å². The number of nitrogens with one attached hydrogen (secondary N) is 1. The summed E-state index contributed by atoms with van der Waals surface area (Å²) in [6.45, 7) is 7.89. The van der Waals surface area contributed by atoms with Crippen LogP contribution in [0.25, 0.3) is 11.0 Å². The Balaban J connectivity index is 1.75. The van der Waals surface area contributed by atoms with Gasteiger partial charge in [0.1, 0.15) is 5.82 Å². The van der Waals surface area contributed by atoms with E-state index in [-0.39, 0.29) is 0 Å². The summed E-state index contributed by atoms with van der Waals surface area (Å²) in [5.41, 5.74) is 8.59. The van der Waals surface area contributed by atoms with Crippen molar-refractivity contribution in [1.29, 1.82) is 0 Å². The van der Waals surface area contributed by atoms with Gasteiger partial charge in [-0.15, -0.1) is 0 Å². The van der Waals surface area contributed by atoms with Crippen LogP contribution in [0.2, 0.25) is 0 Å². The Labute approximate surface area is 125 Å². The van der Waals surface area contributed by atoms with Crippen molar-refractivity contribution in [2.45, 2.75) is 20.3 Å². The summed E-state index contributed by atoms with van der Waals surface area (Å²) in [6, 6.07) is 5.81. The molecule has 0 unspecified atom stereocenters. The van der Waals surface area contributed by atoms with Gasteiger partial charge in [-0.2, -0.15) is 11.8 Å². The molecule has 0 saturated heterocycles. The molecule has 0 fully saturated rings. The highest BCUT2D eigenvalue weighted by atomic mass is 32.2. The van der Waals surface area contributed by atoms with Crippen LogP contribution in [0.3, 0.4) is 0 Å². The molecule has 0 radical (unpaired) electrons. The molecular weight excluding hydrogens is 268 g/mol. The highest BCUT2D eigenvalue weighted by molar-refractivity contribution is 7.99. The number of aryl methyl sites for hydroxylation is 1. The van der Waals surface area contributed by atoms with Gasteiger partial charge in [-0.05, 0) is 31.3 Å². The number of anilines is 1. The van der Waals surface area contributed by atoms with Crippen LogP contribution >= 0.6 is 11.8 Å². The van der Waals surface area contributed by atoms with Crippen molar-refractivity contribution in [1.82, 2.24) is 14.9 Å². The molecule has 2 rings (SSSR count). The normalized spacial score (nSPS) is 11.6. The van der Waals surface area contributed by atoms with Gasteiger partial charge in [0.25, 0.3) is 0 Å². The summed E-state index contributed by atoms with van der Waals surface area (Å²) in [5.74, 6) is 3.35. The van der Waals surface area contributed by atoms with Crippen LogP contribution in [0, 0.1) is 0 Å². The van der Waals surface area contributed by atoms with Gasteiger partial charge in [0.05, 0.1) is 11.0 Å². The van der Waals surface area contributed by atoms with Gasteiger partial charge in [0, 0.05) is 30.2 Å². The molecule has 0 amide bonds. The minimum atomic E-state index is 0.779. The van der Waals surface area contributed by atoms with Crippen molar-refractivity contribution >= 4 is 28.5 Å². The summed E-state index contributed by atoms with van der Waals surface area (Å²) in [7, 11) is 0. The van der Waals surface area contributed by atoms with Crippen molar-refractivity contribution in [2.75, 3.05) is 36.9 Å². The van der Waals surface area contributed by atoms with Gasteiger partial charge < -0.3 is 15.6 Å². The Morgan fingerprint density at radius 3 is 2.80 bits per heavy atom. The van der Waals surface area contributed by atoms with Gasteiger partial charge in [-0.25, -0.2) is 4.98 Å². The second-order valence-electron chi connectivity index (χ2n) is 4.85. The molecule has 0 bridgehead atoms. The fourth-order valence-corrected chi connectivity index (χ4v) is 3.13. The molecule has 3 N–H and O–H groups in total. The van der Waals surface area contributed by atoms with E-state index in [0.717, 1.165) is 47.8 Å². The summed E-state index contributed by atoms with van der Waals surface area (Å²) in [5, 5.41) is 0. The van der Waals surface area contributed by atoms with Crippen LogP contribution in [0.1, 0.15) is 19.7 Å². The van der Waals surface area contributed by atoms with E-state index in [1.165, 1.54) is 12.3 Å². The first-order chi connectivity index (χ1) is 9.72. The Morgan fingerprint density at radius 2 is 2.05 bits per heavy atom. The van der Waals surface area contributed by atoms with Crippen LogP contribution in [-0.2, 0) is 6.42 Å². The summed E-state index contributed by atoms with van der Waals surface area (Å²) >= 11 is 1.99. The first kappa shape index (κ1) is 15.2. The fraction of sp³-hybridized carbons (Fsp3) is 0.533. The lowest BCUT2D eigenvalue weighted by atomic mass is 10.3. The summed E-state index contributed by atoms with van der Waals surface area (Å²) in [4.78, 5) is 10.4. The number of nitrogens with two attached hydrogens (primary N) is 1. The van der Waals surface area contributed by atoms with Gasteiger partial charge in [-0.1, -0.05) is 13.8 Å². The molecule has 0 spiro atoms. The van der Waals surface area contributed by atoms with Gasteiger partial charge in [0.2, 0.25) is 0 Å². The molecule has 1 heterocycles. The third-order valence-corrected chi connectivity index (χ3v) is 4.45. The van der Waals surface area contributed by atoms with E-state index in [0.29, 0.717) is 0 Å². The predicted octanol–water partition coefficient (Wildman–Crippen LogP) is 2.76. The molecule has 0 aliphatic rings. The number of rotatable bonds is 8. The van der Waals surface area contributed by atoms with Crippen molar-refractivity contribution in [3.05, 3.63) is 24.0 Å². The smallest absolute Gasteiger partial charge is 0.108 e. The lowest BCUT2D eigenvalue weighted by Gasteiger charge is -2.17. The minimum Gasteiger partial charge on any atom is -0.399 e. The van der Waals surface area contributed by atoms with Crippen LogP contribution in [0.4, 0.5) is 5.69 Å². The maximum absolute atomic E-state index is 5.77. The molecule has 0 aliphatic heterocycles. The Hall–Kier alpha value is -1.20. The number of benzene rings is 1. The van der Waals surface area contributed by atoms with E-state index in [4.69, 9.17) is 5.73 Å². The molecule has 0 aliphatic carbocycles. The molecule has 5 heteroatoms. The van der Waals surface area contributed by atoms with Crippen molar-refractivity contribution in [3.63, 3.8) is 0 Å². The van der Waals surface area contributed by atoms with E-state index in [1.54, 1.807) is 0 Å². The number of nitrogen functional groups attached to an aromatic ring is 1. The standard InChI is InChI=1S/C15H24N4S/c1-3-19(4-2)8-10-20-9-7-15-17-13-6-5-12(16)11-14(13)18-15/h5-6,11H,3-4,7-10,16H2,1-2H3,(H,17,18). The lowest BCUT2D eigenvalue weighted by Crippen LogP contribution is -2.25. The highest BCUT2D eigenvalue weighted by Gasteiger charge is 2.03. The number of hydrogen-bond acceptors (Lipinski definition) is 4. The number of nitrogens with zero attached hydrogens (tertiary/aromatic N) is 2. The molecule has 1 aromatic carbocycles. The van der Waals surface area contributed by atoms with Gasteiger partial charge in [-0.3, -0.25) is 0 Å². The molecule has 110 valence electrons. The Bertz CT molecular complexity index is 534. The number of aromatic nitrogens is 2. The monoisotopic (exact) mass is 292 g/mol. The molecule has 2 aromatic rings. The Kier molecular flexibility index (Phi) is 5.73. The fourth-order valence-electron chi connectivity index (χ4n) is 2.20. The second kappa shape index (κ2) is 7.55. The number of fused-ring (bicyclic) bond motifs is 1. The molecule has 20 heavy (non-hydrogen) atoms. The van der Waals surface area contributed by atoms with E-state index in [9.17, 15) is 0 Å². The average Bonchev–Trinajstić information content (AvgIpc) is 2.84. The molecular formula is C15H24N4S. The van der Waals surface area contributed by atoms with E-state index < -0.39 is 0 Å². The Morgan fingerprint density at radius 1 is 1.25 bits per heavy atom. The molecule has 0 atom stereocenters. The number of thioether (sulfide) groups is 1. The second-order valence-corrected chi connectivity index (χ2v) is 6.07. The van der Waals surface area contributed by atoms with Crippen LogP contribution < -0.4 is 5.73 Å². The number of hydrogen-bond donors (Lipinski definition) is 2. The predicted molar refractivity (Wildman–Crippen MR) is 89.3 cm³/mol. The van der Waals surface area contributed by atoms with Gasteiger partial charge >= 0.3 is 0 Å². The molecule has 0 saturated carbocycles. The van der Waals surface area contributed by atoms with E-state index >= 15 is 0 Å². The topological polar surface area (TPSA) is 57.9 Å². The number of H-pyrrole nitrogens is 1. The van der Waals surface area contributed by atoms with Crippen LogP contribution in [0.15, 0.2) is 18.2 Å². The maximum atomic E-state index is 5.77. The van der Waals surface area contributed by atoms with Crippen LogP contribution in [-0.4, -0.2) is 46.0 Å². The zero-order valence-corrected chi connectivity index (χ0v) is 13.2. The third kappa shape index (κ3) is 4.15. The summed E-state index contributed by atoms with van der Waals surface area (Å²) in [6.07, 6.45) is 0.984. The molecule has 4 nitrogen and oxygen atoms in total. The zero-order valence-electron chi connectivity index (χ0n) is 12.4. The zero-order chi connectivity index (χ0) is 14.4. The van der Waals surface area contributed by atoms with Crippen molar-refractivity contribution in [2.24, 2.45) is 0 Å². The molecule has 1 aromatic heterocycles. The number of aromatic amines is 1. The average molecular weight is 292 g/mol. The van der Waals surface area contributed by atoms with Gasteiger partial charge in [0.15, 0.2) is 0 Å². The minimum absolute atomic E-state index is 0.779. The lowest BCUT2D eigenvalue weighted by molar-refractivity contribution is 0.324. The third-order valence-electron chi connectivity index (χ3n) is 3.48. The van der Waals surface area contributed by atoms with Crippen molar-refractivity contribution < 1.29 is 0 Å². The first-order valence-corrected chi connectivity index (χ1v) is 8.42. The largest absolute Gasteiger partial charge is 0.399 e. The SMILES string of the molecule is CCN(CC)CCSCCc1nc2ccc(N)cc2[nH]1. The first-order valence-electron chi connectivity index (χ1n) is 7.27.